The van der Waals surface area contributed by atoms with Crippen LogP contribution < -0.4 is 0 Å². The lowest BCUT2D eigenvalue weighted by atomic mass is 9.75. The molecule has 4 atom stereocenters. The van der Waals surface area contributed by atoms with Crippen molar-refractivity contribution in [1.29, 1.82) is 5.26 Å². The quantitative estimate of drug-likeness (QED) is 0.375. The molecule has 1 heterocycles. The van der Waals surface area contributed by atoms with Crippen molar-refractivity contribution in [1.82, 2.24) is 4.57 Å². The molecule has 38 heavy (non-hydrogen) atoms. The van der Waals surface area contributed by atoms with Crippen LogP contribution in [-0.2, 0) is 28.6 Å². The highest BCUT2D eigenvalue weighted by Gasteiger charge is 2.60. The summed E-state index contributed by atoms with van der Waals surface area (Å²) in [6, 6.07) is 3.85. The molecule has 0 fully saturated rings. The van der Waals surface area contributed by atoms with Gasteiger partial charge in [-0.15, -0.1) is 0 Å². The zero-order chi connectivity index (χ0) is 28.3. The van der Waals surface area contributed by atoms with Gasteiger partial charge in [0.2, 0.25) is 5.78 Å². The van der Waals surface area contributed by atoms with E-state index in [-0.39, 0.29) is 27.9 Å². The Morgan fingerprint density at radius 3 is 2.24 bits per heavy atom. The van der Waals surface area contributed by atoms with E-state index in [4.69, 9.17) is 14.2 Å². The second-order valence-electron chi connectivity index (χ2n) is 9.57. The van der Waals surface area contributed by atoms with E-state index in [2.05, 4.69) is 0 Å². The van der Waals surface area contributed by atoms with Crippen molar-refractivity contribution in [2.24, 2.45) is 5.92 Å². The Hall–Kier alpha value is -4.50. The van der Waals surface area contributed by atoms with Gasteiger partial charge in [0, 0.05) is 25.0 Å². The topological polar surface area (TPSA) is 182 Å². The number of aliphatic hydroxyl groups is 1. The molecule has 4 rings (SSSR count). The number of rotatable bonds is 4. The van der Waals surface area contributed by atoms with Crippen LogP contribution in [0.25, 0.3) is 0 Å². The molecule has 0 saturated carbocycles. The molecule has 1 aromatic heterocycles. The Morgan fingerprint density at radius 1 is 1.05 bits per heavy atom. The highest BCUT2D eigenvalue weighted by atomic mass is 16.6. The summed E-state index contributed by atoms with van der Waals surface area (Å²) in [4.78, 5) is 64.3. The molecule has 2 aromatic rings. The number of carbonyl (C=O) groups is 5. The lowest BCUT2D eigenvalue weighted by Crippen LogP contribution is -2.56. The first kappa shape index (κ1) is 26.6. The summed E-state index contributed by atoms with van der Waals surface area (Å²) in [5.74, 6) is -5.49. The predicted octanol–water partition coefficient (Wildman–Crippen LogP) is 1.84. The fraction of sp³-hybridized carbons (Fsp3) is 0.385. The third-order valence-electron chi connectivity index (χ3n) is 6.51. The van der Waals surface area contributed by atoms with Crippen LogP contribution in [0.2, 0.25) is 0 Å². The third-order valence-corrected chi connectivity index (χ3v) is 6.51. The van der Waals surface area contributed by atoms with Crippen LogP contribution >= 0.6 is 0 Å². The van der Waals surface area contributed by atoms with Crippen molar-refractivity contribution in [3.63, 3.8) is 0 Å². The number of carbonyl (C=O) groups excluding carboxylic acids is 5. The van der Waals surface area contributed by atoms with Gasteiger partial charge < -0.3 is 24.4 Å². The minimum atomic E-state index is -2.31. The van der Waals surface area contributed by atoms with Gasteiger partial charge in [-0.3, -0.25) is 24.0 Å². The van der Waals surface area contributed by atoms with E-state index in [0.29, 0.717) is 4.57 Å². The van der Waals surface area contributed by atoms with Gasteiger partial charge in [-0.05, 0) is 13.0 Å². The first-order valence-corrected chi connectivity index (χ1v) is 11.6. The van der Waals surface area contributed by atoms with Gasteiger partial charge in [0.05, 0.1) is 22.7 Å². The van der Waals surface area contributed by atoms with Crippen LogP contribution in [0.5, 0.6) is 5.75 Å². The number of phenolic OH excluding ortho intramolecular Hbond substituents is 1. The Bertz CT molecular complexity index is 1460. The number of hydrogen-bond acceptors (Lipinski definition) is 11. The molecule has 12 nitrogen and oxygen atoms in total. The molecular formula is C26H24N2O10. The second-order valence-corrected chi connectivity index (χ2v) is 9.57. The summed E-state index contributed by atoms with van der Waals surface area (Å²) in [6.07, 6.45) is -3.36. The molecule has 2 aliphatic carbocycles. The molecule has 0 aliphatic heterocycles. The number of fused-ring (bicyclic) bond motifs is 4. The van der Waals surface area contributed by atoms with Gasteiger partial charge in [-0.1, -0.05) is 26.0 Å². The zero-order valence-corrected chi connectivity index (χ0v) is 21.1. The maximum Gasteiger partial charge on any atom is 0.309 e. The number of phenols is 1. The fourth-order valence-corrected chi connectivity index (χ4v) is 4.90. The molecule has 12 heteroatoms. The van der Waals surface area contributed by atoms with Crippen molar-refractivity contribution in [2.75, 3.05) is 0 Å². The summed E-state index contributed by atoms with van der Waals surface area (Å²) in [6.45, 7) is 6.27. The van der Waals surface area contributed by atoms with Crippen molar-refractivity contribution in [2.45, 2.75) is 58.5 Å². The first-order chi connectivity index (χ1) is 17.7. The molecule has 2 aliphatic rings. The highest BCUT2D eigenvalue weighted by molar-refractivity contribution is 6.29. The van der Waals surface area contributed by atoms with E-state index >= 15 is 0 Å². The van der Waals surface area contributed by atoms with Crippen molar-refractivity contribution >= 4 is 29.5 Å². The second kappa shape index (κ2) is 9.11. The van der Waals surface area contributed by atoms with E-state index in [1.54, 1.807) is 6.19 Å². The lowest BCUT2D eigenvalue weighted by Gasteiger charge is -2.45. The van der Waals surface area contributed by atoms with E-state index in [0.717, 1.165) is 20.8 Å². The number of hydrogen-bond donors (Lipinski definition) is 2. The number of nitriles is 1. The number of nitrogens with zero attached hydrogens (tertiary/aromatic N) is 2. The maximum absolute atomic E-state index is 13.8. The molecular weight excluding hydrogens is 500 g/mol. The molecule has 198 valence electrons. The van der Waals surface area contributed by atoms with Gasteiger partial charge in [0.1, 0.15) is 17.0 Å². The Labute approximate surface area is 216 Å². The van der Waals surface area contributed by atoms with E-state index in [1.165, 1.54) is 32.0 Å². The van der Waals surface area contributed by atoms with Crippen LogP contribution in [0.15, 0.2) is 18.2 Å². The van der Waals surface area contributed by atoms with E-state index < -0.39 is 70.7 Å². The third kappa shape index (κ3) is 3.83. The summed E-state index contributed by atoms with van der Waals surface area (Å²) in [7, 11) is 0. The van der Waals surface area contributed by atoms with Crippen molar-refractivity contribution in [3.8, 4) is 11.9 Å². The molecule has 0 amide bonds. The summed E-state index contributed by atoms with van der Waals surface area (Å²) < 4.78 is 17.1. The summed E-state index contributed by atoms with van der Waals surface area (Å²) in [5, 5.41) is 32.2. The standard InChI is InChI=1S/C26H24N2O10/c1-10(2)25(34)38-23-19-17(22(36-11(3)29)24(26(23,5)35)37-12(4)30)16-18(28(19)9-27)21(33)15-13(20(16)32)7-6-8-14(15)31/h6-8,10,22-24,31,35H,1-5H3/t22-,23+,24?,26-/m0/s1. The minimum absolute atomic E-state index is 0.181. The molecule has 0 radical (unpaired) electrons. The Kier molecular flexibility index (Phi) is 6.37. The molecule has 2 N–H and O–H groups in total. The van der Waals surface area contributed by atoms with Crippen LogP contribution in [0.3, 0.4) is 0 Å². The monoisotopic (exact) mass is 524 g/mol. The van der Waals surface area contributed by atoms with Gasteiger partial charge in [-0.2, -0.15) is 5.26 Å². The molecule has 1 aromatic carbocycles. The molecule has 0 bridgehead atoms. The average molecular weight is 524 g/mol. The largest absolute Gasteiger partial charge is 0.507 e. The van der Waals surface area contributed by atoms with E-state index in [1.807, 2.05) is 0 Å². The Balaban J connectivity index is 2.14. The van der Waals surface area contributed by atoms with Crippen LogP contribution in [0, 0.1) is 17.4 Å². The summed E-state index contributed by atoms with van der Waals surface area (Å²) >= 11 is 0. The van der Waals surface area contributed by atoms with Crippen LogP contribution in [-0.4, -0.2) is 56.0 Å². The van der Waals surface area contributed by atoms with Gasteiger partial charge in [-0.25, -0.2) is 4.57 Å². The summed E-state index contributed by atoms with van der Waals surface area (Å²) in [5.41, 5.74) is -4.23. The molecule has 0 saturated heterocycles. The Morgan fingerprint density at radius 2 is 1.68 bits per heavy atom. The number of ether oxygens (including phenoxy) is 3. The fourth-order valence-electron chi connectivity index (χ4n) is 4.90. The first-order valence-electron chi connectivity index (χ1n) is 11.6. The molecule has 1 unspecified atom stereocenters. The minimum Gasteiger partial charge on any atom is -0.507 e. The van der Waals surface area contributed by atoms with Crippen molar-refractivity contribution in [3.05, 3.63) is 51.8 Å². The maximum atomic E-state index is 13.8. The molecule has 0 spiro atoms. The van der Waals surface area contributed by atoms with Crippen molar-refractivity contribution < 1.29 is 48.4 Å². The number of ketones is 2. The average Bonchev–Trinajstić information content (AvgIpc) is 3.16. The number of aromatic nitrogens is 1. The number of benzene rings is 1. The number of aromatic hydroxyl groups is 1. The smallest absolute Gasteiger partial charge is 0.309 e. The van der Waals surface area contributed by atoms with Crippen LogP contribution in [0.1, 0.15) is 90.1 Å². The predicted molar refractivity (Wildman–Crippen MR) is 125 cm³/mol. The van der Waals surface area contributed by atoms with Gasteiger partial charge in [0.25, 0.3) is 0 Å². The van der Waals surface area contributed by atoms with E-state index in [9.17, 15) is 39.4 Å². The normalized spacial score (nSPS) is 23.6. The van der Waals surface area contributed by atoms with Crippen LogP contribution in [0.4, 0.5) is 0 Å². The van der Waals surface area contributed by atoms with Gasteiger partial charge >= 0.3 is 17.9 Å². The SMILES string of the molecule is CC(=O)OC1[C@@H](OC(C)=O)c2c3c(n(C#N)c2[C@@H](OC(=O)C(C)C)[C@]1(C)O)C(=O)c1c(O)cccc1C3=O. The number of esters is 3. The lowest BCUT2D eigenvalue weighted by molar-refractivity contribution is -0.223. The van der Waals surface area contributed by atoms with Gasteiger partial charge in [0.15, 0.2) is 30.3 Å². The highest BCUT2D eigenvalue weighted by Crippen LogP contribution is 2.52. The zero-order valence-electron chi connectivity index (χ0n) is 21.1.